The summed E-state index contributed by atoms with van der Waals surface area (Å²) in [5.74, 6) is 2.59. The van der Waals surface area contributed by atoms with Crippen LogP contribution in [0.4, 0.5) is 0 Å². The molecule has 0 fully saturated rings. The summed E-state index contributed by atoms with van der Waals surface area (Å²) in [5.41, 5.74) is 0. The minimum absolute atomic E-state index is 0.862. The Hall–Kier alpha value is -3.22. The van der Waals surface area contributed by atoms with Crippen LogP contribution in [0, 0.1) is 0 Å². The van der Waals surface area contributed by atoms with Crippen molar-refractivity contribution in [1.82, 2.24) is 0 Å². The molecule has 5 heteroatoms. The van der Waals surface area contributed by atoms with Crippen LogP contribution in [0.5, 0.6) is 17.2 Å². The molecule has 0 aliphatic rings. The van der Waals surface area contributed by atoms with Gasteiger partial charge in [-0.15, -0.1) is 0 Å². The third kappa shape index (κ3) is 3.85. The number of ether oxygens (including phenoxy) is 3. The minimum atomic E-state index is -4.26. The van der Waals surface area contributed by atoms with Crippen molar-refractivity contribution in [3.05, 3.63) is 109 Å². The molecule has 0 amide bonds. The molecule has 0 aromatic heterocycles. The Labute approximate surface area is 232 Å². The quantitative estimate of drug-likeness (QED) is 0.189. The molecule has 0 heterocycles. The predicted octanol–water partition coefficient (Wildman–Crippen LogP) is 6.53. The van der Waals surface area contributed by atoms with E-state index >= 15 is 0 Å². The molecule has 0 spiro atoms. The van der Waals surface area contributed by atoms with E-state index < -0.39 is 16.2 Å². The van der Waals surface area contributed by atoms with Gasteiger partial charge < -0.3 is 0 Å². The van der Waals surface area contributed by atoms with Gasteiger partial charge in [0.2, 0.25) is 0 Å². The molecule has 0 aliphatic carbocycles. The number of hydrogen-bond acceptors (Lipinski definition) is 3. The Morgan fingerprint density at radius 3 is 1.00 bits per heavy atom. The van der Waals surface area contributed by atoms with Crippen molar-refractivity contribution in [2.45, 2.75) is 0 Å². The van der Waals surface area contributed by atoms with Gasteiger partial charge in [-0.25, -0.2) is 0 Å². The summed E-state index contributed by atoms with van der Waals surface area (Å²) >= 11 is 0.356. The first-order chi connectivity index (χ1) is 18.6. The molecule has 3 nitrogen and oxygen atoms in total. The van der Waals surface area contributed by atoms with E-state index in [9.17, 15) is 0 Å². The van der Waals surface area contributed by atoms with Gasteiger partial charge in [0.05, 0.1) is 0 Å². The van der Waals surface area contributed by atoms with E-state index in [0.29, 0.717) is 0 Å². The molecule has 0 bridgehead atoms. The van der Waals surface area contributed by atoms with Crippen LogP contribution in [-0.4, -0.2) is 37.5 Å². The molecule has 0 radical (unpaired) electrons. The van der Waals surface area contributed by atoms with Crippen LogP contribution in [0.2, 0.25) is 0 Å². The molecule has 0 unspecified atom stereocenters. The first kappa shape index (κ1) is 25.1. The molecule has 0 saturated heterocycles. The van der Waals surface area contributed by atoms with Crippen molar-refractivity contribution < 1.29 is 14.2 Å². The van der Waals surface area contributed by atoms with Gasteiger partial charge in [0, 0.05) is 0 Å². The number of benzene rings is 6. The van der Waals surface area contributed by atoms with Crippen molar-refractivity contribution in [3.8, 4) is 17.2 Å². The molecule has 0 atom stereocenters. The van der Waals surface area contributed by atoms with Gasteiger partial charge >= 0.3 is 234 Å². The molecule has 6 aromatic rings. The average Bonchev–Trinajstić information content (AvgIpc) is 2.98. The molecular formula is C33H27BrO3Sn. The van der Waals surface area contributed by atoms with Gasteiger partial charge in [0.1, 0.15) is 0 Å². The van der Waals surface area contributed by atoms with Crippen LogP contribution >= 0.6 is 12.7 Å². The molecule has 6 rings (SSSR count). The van der Waals surface area contributed by atoms with Crippen molar-refractivity contribution in [1.29, 1.82) is 0 Å². The third-order valence-electron chi connectivity index (χ3n) is 7.37. The summed E-state index contributed by atoms with van der Waals surface area (Å²) < 4.78 is 22.1. The van der Waals surface area contributed by atoms with E-state index in [1.54, 1.807) is 21.3 Å². The number of fused-ring (bicyclic) bond motifs is 3. The van der Waals surface area contributed by atoms with Gasteiger partial charge in [-0.2, -0.15) is 0 Å². The second kappa shape index (κ2) is 10.2. The van der Waals surface area contributed by atoms with Gasteiger partial charge in [0.25, 0.3) is 0 Å². The van der Waals surface area contributed by atoms with Crippen LogP contribution < -0.4 is 24.9 Å². The molecule has 0 N–H and O–H groups in total. The molecule has 0 saturated carbocycles. The Morgan fingerprint density at radius 2 is 0.711 bits per heavy atom. The normalized spacial score (nSPS) is 11.7. The molecule has 188 valence electrons. The van der Waals surface area contributed by atoms with E-state index in [1.165, 1.54) is 43.1 Å². The summed E-state index contributed by atoms with van der Waals surface area (Å²) in [6.45, 7) is 0. The SMILES string of the molecule is COc1ccc2ccccc2[c]1[Sn]([Br])([c]1c(OC)ccc2ccccc12)[c]1c(OC)ccc2ccccc12. The maximum absolute atomic E-state index is 6.15. The zero-order valence-corrected chi connectivity index (χ0v) is 25.9. The topological polar surface area (TPSA) is 27.7 Å². The van der Waals surface area contributed by atoms with Crippen LogP contribution in [0.25, 0.3) is 32.3 Å². The van der Waals surface area contributed by atoms with Crippen molar-refractivity contribution in [2.75, 3.05) is 21.3 Å². The summed E-state index contributed by atoms with van der Waals surface area (Å²) in [6.07, 6.45) is 0. The predicted molar refractivity (Wildman–Crippen MR) is 165 cm³/mol. The average molecular weight is 670 g/mol. The molecule has 0 aliphatic heterocycles. The summed E-state index contributed by atoms with van der Waals surface area (Å²) in [4.78, 5) is 0. The Morgan fingerprint density at radius 1 is 0.421 bits per heavy atom. The second-order valence-corrected chi connectivity index (χ2v) is 25.3. The van der Waals surface area contributed by atoms with E-state index in [0.717, 1.165) is 17.2 Å². The number of halogens is 1. The number of methoxy groups -OCH3 is 3. The van der Waals surface area contributed by atoms with Gasteiger partial charge in [-0.1, -0.05) is 0 Å². The van der Waals surface area contributed by atoms with E-state index in [-0.39, 0.29) is 0 Å². The van der Waals surface area contributed by atoms with Crippen molar-refractivity contribution >= 4 is 71.9 Å². The fourth-order valence-corrected chi connectivity index (χ4v) is 25.7. The van der Waals surface area contributed by atoms with Crippen LogP contribution in [0.15, 0.2) is 109 Å². The summed E-state index contributed by atoms with van der Waals surface area (Å²) in [7, 11) is 5.27. The zero-order valence-electron chi connectivity index (χ0n) is 21.5. The van der Waals surface area contributed by atoms with Crippen molar-refractivity contribution in [3.63, 3.8) is 0 Å². The first-order valence-corrected chi connectivity index (χ1v) is 23.2. The first-order valence-electron chi connectivity index (χ1n) is 12.5. The van der Waals surface area contributed by atoms with Crippen molar-refractivity contribution in [2.24, 2.45) is 0 Å². The summed E-state index contributed by atoms with van der Waals surface area (Å²) in [6, 6.07) is 38.4. The Balaban J connectivity index is 1.92. The number of hydrogen-bond donors (Lipinski definition) is 0. The fourth-order valence-electron chi connectivity index (χ4n) is 5.71. The third-order valence-corrected chi connectivity index (χ3v) is 25.7. The zero-order chi connectivity index (χ0) is 26.3. The van der Waals surface area contributed by atoms with Crippen LogP contribution in [-0.2, 0) is 0 Å². The summed E-state index contributed by atoms with van der Waals surface area (Å²) in [5, 5.41) is 7.02. The maximum atomic E-state index is 6.15. The Bertz CT molecular complexity index is 1600. The van der Waals surface area contributed by atoms with Crippen LogP contribution in [0.1, 0.15) is 0 Å². The molecular weight excluding hydrogens is 643 g/mol. The van der Waals surface area contributed by atoms with Gasteiger partial charge in [0.15, 0.2) is 0 Å². The van der Waals surface area contributed by atoms with E-state index in [2.05, 4.69) is 122 Å². The Kier molecular flexibility index (Phi) is 6.70. The monoisotopic (exact) mass is 670 g/mol. The molecule has 6 aromatic carbocycles. The van der Waals surface area contributed by atoms with Gasteiger partial charge in [-0.05, 0) is 0 Å². The standard InChI is InChI=1S/3C11H9O.BrH.Sn/c3*1-12-11-7-6-9-4-2-3-5-10(9)8-11;;/h3*2-7H,1H3;1H;/q;;;;+1/p-1. The van der Waals surface area contributed by atoms with Gasteiger partial charge in [-0.3, -0.25) is 0 Å². The van der Waals surface area contributed by atoms with E-state index in [4.69, 9.17) is 14.2 Å². The van der Waals surface area contributed by atoms with E-state index in [1.807, 2.05) is 0 Å². The van der Waals surface area contributed by atoms with Crippen LogP contribution in [0.3, 0.4) is 0 Å². The molecule has 38 heavy (non-hydrogen) atoms. The second-order valence-electron chi connectivity index (χ2n) is 9.25. The number of rotatable bonds is 6. The fraction of sp³-hybridized carbons (Fsp3) is 0.0909.